The molecule has 0 aliphatic heterocycles. The van der Waals surface area contributed by atoms with Crippen LogP contribution in [-0.4, -0.2) is 26.4 Å². The monoisotopic (exact) mass is 200 g/mol. The molecule has 0 aliphatic rings. The second-order valence-corrected chi connectivity index (χ2v) is 2.91. The quantitative estimate of drug-likeness (QED) is 0.513. The van der Waals surface area contributed by atoms with Gasteiger partial charge in [-0.15, -0.1) is 0 Å². The summed E-state index contributed by atoms with van der Waals surface area (Å²) in [7, 11) is 1.58. The van der Waals surface area contributed by atoms with Crippen LogP contribution < -0.4 is 5.73 Å². The van der Waals surface area contributed by atoms with Crippen molar-refractivity contribution in [3.63, 3.8) is 0 Å². The van der Waals surface area contributed by atoms with Crippen molar-refractivity contribution in [2.24, 2.45) is 12.8 Å². The molecule has 0 saturated heterocycles. The highest BCUT2D eigenvalue weighted by Crippen LogP contribution is 2.24. The number of hydrogen-bond donors (Lipinski definition) is 2. The maximum Gasteiger partial charge on any atom is 0.311 e. The Labute approximate surface area is 80.3 Å². The first kappa shape index (κ1) is 10.6. The van der Waals surface area contributed by atoms with Gasteiger partial charge in [0.15, 0.2) is 0 Å². The molecule has 0 saturated carbocycles. The number of aliphatic hydroxyl groups is 1. The zero-order valence-corrected chi connectivity index (χ0v) is 7.75. The minimum Gasteiger partial charge on any atom is -0.396 e. The number of nitro groups is 1. The van der Waals surface area contributed by atoms with E-state index >= 15 is 0 Å². The van der Waals surface area contributed by atoms with Gasteiger partial charge >= 0.3 is 5.69 Å². The second kappa shape index (κ2) is 4.16. The van der Waals surface area contributed by atoms with Crippen LogP contribution in [0.3, 0.4) is 0 Å². The molecule has 0 radical (unpaired) electrons. The van der Waals surface area contributed by atoms with Crippen LogP contribution >= 0.6 is 0 Å². The molecule has 1 aromatic heterocycles. The van der Waals surface area contributed by atoms with Crippen LogP contribution in [0.5, 0.6) is 0 Å². The number of nitrogens with two attached hydrogens (primary N) is 1. The van der Waals surface area contributed by atoms with Crippen molar-refractivity contribution in [1.29, 1.82) is 0 Å². The molecule has 0 spiro atoms. The van der Waals surface area contributed by atoms with E-state index in [4.69, 9.17) is 10.8 Å². The highest BCUT2D eigenvalue weighted by Gasteiger charge is 2.23. The van der Waals surface area contributed by atoms with Gasteiger partial charge in [-0.05, 0) is 6.42 Å². The SMILES string of the molecule is Cn1ncc([N+](=O)[O-])c1C(N)CCO. The van der Waals surface area contributed by atoms with Gasteiger partial charge in [0.1, 0.15) is 11.9 Å². The first-order chi connectivity index (χ1) is 6.57. The molecule has 0 amide bonds. The van der Waals surface area contributed by atoms with Crippen LogP contribution in [0.15, 0.2) is 6.20 Å². The summed E-state index contributed by atoms with van der Waals surface area (Å²) in [6.07, 6.45) is 1.44. The lowest BCUT2D eigenvalue weighted by molar-refractivity contribution is -0.385. The number of aryl methyl sites for hydroxylation is 1. The Balaban J connectivity index is 3.04. The summed E-state index contributed by atoms with van der Waals surface area (Å²) in [6.45, 7) is -0.108. The van der Waals surface area contributed by atoms with Gasteiger partial charge in [0, 0.05) is 13.7 Å². The molecule has 3 N–H and O–H groups in total. The number of hydrogen-bond acceptors (Lipinski definition) is 5. The first-order valence-corrected chi connectivity index (χ1v) is 4.10. The third-order valence-corrected chi connectivity index (χ3v) is 1.95. The summed E-state index contributed by atoms with van der Waals surface area (Å²) < 4.78 is 1.36. The minimum atomic E-state index is -0.562. The summed E-state index contributed by atoms with van der Waals surface area (Å²) in [5.74, 6) is 0. The zero-order chi connectivity index (χ0) is 10.7. The van der Waals surface area contributed by atoms with Crippen molar-refractivity contribution < 1.29 is 10.0 Å². The Kier molecular flexibility index (Phi) is 3.15. The van der Waals surface area contributed by atoms with Gasteiger partial charge < -0.3 is 10.8 Å². The van der Waals surface area contributed by atoms with E-state index < -0.39 is 11.0 Å². The van der Waals surface area contributed by atoms with Gasteiger partial charge in [-0.2, -0.15) is 5.10 Å². The topological polar surface area (TPSA) is 107 Å². The van der Waals surface area contributed by atoms with E-state index in [2.05, 4.69) is 5.10 Å². The standard InChI is InChI=1S/C7H12N4O3/c1-10-7(5(8)2-3-12)6(4-9-10)11(13)14/h4-5,12H,2-3,8H2,1H3. The van der Waals surface area contributed by atoms with Crippen molar-refractivity contribution in [3.8, 4) is 0 Å². The summed E-state index contributed by atoms with van der Waals surface area (Å²) in [5, 5.41) is 23.0. The number of rotatable bonds is 4. The van der Waals surface area contributed by atoms with Gasteiger partial charge in [0.05, 0.1) is 11.0 Å². The third-order valence-electron chi connectivity index (χ3n) is 1.95. The van der Waals surface area contributed by atoms with Crippen LogP contribution in [-0.2, 0) is 7.05 Å². The lowest BCUT2D eigenvalue weighted by Gasteiger charge is -2.09. The van der Waals surface area contributed by atoms with E-state index in [9.17, 15) is 10.1 Å². The fourth-order valence-corrected chi connectivity index (χ4v) is 1.28. The molecule has 7 nitrogen and oxygen atoms in total. The van der Waals surface area contributed by atoms with Crippen LogP contribution in [0.25, 0.3) is 0 Å². The lowest BCUT2D eigenvalue weighted by atomic mass is 10.1. The lowest BCUT2D eigenvalue weighted by Crippen LogP contribution is -2.17. The zero-order valence-electron chi connectivity index (χ0n) is 7.75. The predicted molar refractivity (Wildman–Crippen MR) is 48.5 cm³/mol. The molecule has 1 atom stereocenters. The third kappa shape index (κ3) is 1.88. The van der Waals surface area contributed by atoms with Gasteiger partial charge in [-0.25, -0.2) is 0 Å². The molecule has 0 aliphatic carbocycles. The first-order valence-electron chi connectivity index (χ1n) is 4.10. The maximum atomic E-state index is 10.6. The van der Waals surface area contributed by atoms with Crippen LogP contribution in [0.1, 0.15) is 18.2 Å². The van der Waals surface area contributed by atoms with Crippen molar-refractivity contribution >= 4 is 5.69 Å². The number of aliphatic hydroxyl groups excluding tert-OH is 1. The molecule has 14 heavy (non-hydrogen) atoms. The largest absolute Gasteiger partial charge is 0.396 e. The van der Waals surface area contributed by atoms with Gasteiger partial charge in [-0.1, -0.05) is 0 Å². The second-order valence-electron chi connectivity index (χ2n) is 2.91. The van der Waals surface area contributed by atoms with Crippen molar-refractivity contribution in [2.75, 3.05) is 6.61 Å². The normalized spacial score (nSPS) is 12.8. The van der Waals surface area contributed by atoms with Crippen LogP contribution in [0.4, 0.5) is 5.69 Å². The number of aromatic nitrogens is 2. The smallest absolute Gasteiger partial charge is 0.311 e. The Morgan fingerprint density at radius 1 is 1.86 bits per heavy atom. The maximum absolute atomic E-state index is 10.6. The van der Waals surface area contributed by atoms with E-state index in [-0.39, 0.29) is 18.7 Å². The van der Waals surface area contributed by atoms with Crippen molar-refractivity contribution in [2.45, 2.75) is 12.5 Å². The molecule has 1 aromatic rings. The molecular weight excluding hydrogens is 188 g/mol. The Morgan fingerprint density at radius 3 is 3.00 bits per heavy atom. The molecular formula is C7H12N4O3. The van der Waals surface area contributed by atoms with Gasteiger partial charge in [0.2, 0.25) is 0 Å². The molecule has 0 aromatic carbocycles. The van der Waals surface area contributed by atoms with Gasteiger partial charge in [0.25, 0.3) is 0 Å². The fourth-order valence-electron chi connectivity index (χ4n) is 1.28. The van der Waals surface area contributed by atoms with E-state index in [1.165, 1.54) is 4.68 Å². The summed E-state index contributed by atoms with van der Waals surface area (Å²) >= 11 is 0. The predicted octanol–water partition coefficient (Wildman–Crippen LogP) is -0.290. The Hall–Kier alpha value is -1.47. The molecule has 1 heterocycles. The molecule has 1 unspecified atom stereocenters. The van der Waals surface area contributed by atoms with E-state index in [1.54, 1.807) is 7.05 Å². The minimum absolute atomic E-state index is 0.103. The van der Waals surface area contributed by atoms with E-state index in [1.807, 2.05) is 0 Å². The number of nitrogens with zero attached hydrogens (tertiary/aromatic N) is 3. The molecule has 78 valence electrons. The van der Waals surface area contributed by atoms with Crippen LogP contribution in [0.2, 0.25) is 0 Å². The Morgan fingerprint density at radius 2 is 2.50 bits per heavy atom. The van der Waals surface area contributed by atoms with Gasteiger partial charge in [-0.3, -0.25) is 14.8 Å². The summed E-state index contributed by atoms with van der Waals surface area (Å²) in [6, 6.07) is -0.562. The molecule has 0 fully saturated rings. The Bertz CT molecular complexity index is 336. The highest BCUT2D eigenvalue weighted by atomic mass is 16.6. The average molecular weight is 200 g/mol. The van der Waals surface area contributed by atoms with E-state index in [0.29, 0.717) is 5.69 Å². The van der Waals surface area contributed by atoms with Crippen molar-refractivity contribution in [1.82, 2.24) is 9.78 Å². The molecule has 0 bridgehead atoms. The highest BCUT2D eigenvalue weighted by molar-refractivity contribution is 5.35. The fraction of sp³-hybridized carbons (Fsp3) is 0.571. The summed E-state index contributed by atoms with van der Waals surface area (Å²) in [4.78, 5) is 10.0. The van der Waals surface area contributed by atoms with E-state index in [0.717, 1.165) is 6.20 Å². The average Bonchev–Trinajstić information content (AvgIpc) is 2.47. The van der Waals surface area contributed by atoms with Crippen molar-refractivity contribution in [3.05, 3.63) is 22.0 Å². The molecule has 7 heteroatoms. The van der Waals surface area contributed by atoms with Crippen LogP contribution in [0, 0.1) is 10.1 Å². The molecule has 1 rings (SSSR count). The summed E-state index contributed by atoms with van der Waals surface area (Å²) in [5.41, 5.74) is 5.90.